The summed E-state index contributed by atoms with van der Waals surface area (Å²) in [5.41, 5.74) is 10.1. The fourth-order valence-corrected chi connectivity index (χ4v) is 19.1. The van der Waals surface area contributed by atoms with E-state index in [1.807, 2.05) is 91.0 Å². The van der Waals surface area contributed by atoms with Crippen molar-refractivity contribution in [3.05, 3.63) is 245 Å². The summed E-state index contributed by atoms with van der Waals surface area (Å²) in [7, 11) is -4.16. The summed E-state index contributed by atoms with van der Waals surface area (Å²) in [6.07, 6.45) is -0.195. The van der Waals surface area contributed by atoms with Crippen molar-refractivity contribution in [1.82, 2.24) is 29.7 Å². The smallest absolute Gasteiger partial charge is 0.408 e. The van der Waals surface area contributed by atoms with E-state index in [-0.39, 0.29) is 66.2 Å². The number of β-lactam (4-membered cyclic amide) rings is 1. The third-order valence-corrected chi connectivity index (χ3v) is 25.2. The van der Waals surface area contributed by atoms with Crippen molar-refractivity contribution in [3.63, 3.8) is 0 Å². The molecule has 22 heteroatoms. The fourth-order valence-electron chi connectivity index (χ4n) is 15.1. The summed E-state index contributed by atoms with van der Waals surface area (Å²) in [5.74, 6) is -1.94. The molecule has 540 valence electrons. The van der Waals surface area contributed by atoms with Crippen LogP contribution in [0.25, 0.3) is 44.2 Å². The van der Waals surface area contributed by atoms with Crippen LogP contribution in [0.4, 0.5) is 27.5 Å². The molecule has 6 aliphatic heterocycles. The van der Waals surface area contributed by atoms with Crippen LogP contribution in [-0.2, 0) is 55.3 Å². The first-order valence-electron chi connectivity index (χ1n) is 35.7. The molecular formula is C84H81N8O11S3+. The van der Waals surface area contributed by atoms with E-state index in [1.54, 1.807) is 45.0 Å². The zero-order chi connectivity index (χ0) is 73.8. The first kappa shape index (κ1) is 71.1. The maximum Gasteiger partial charge on any atom is 0.408 e. The van der Waals surface area contributed by atoms with Crippen molar-refractivity contribution in [3.8, 4) is 22.5 Å². The lowest BCUT2D eigenvalue weighted by Gasteiger charge is -2.49. The number of carbonyl (C=O) groups excluding carboxylic acids is 6. The molecule has 8 aromatic carbocycles. The molecule has 5 amide bonds. The van der Waals surface area contributed by atoms with E-state index < -0.39 is 75.4 Å². The molecule has 1 aliphatic carbocycles. The normalized spacial score (nSPS) is 18.4. The van der Waals surface area contributed by atoms with Crippen molar-refractivity contribution in [2.45, 2.75) is 105 Å². The van der Waals surface area contributed by atoms with E-state index in [0.717, 1.165) is 73.3 Å². The minimum Gasteiger partial charge on any atom is -0.456 e. The summed E-state index contributed by atoms with van der Waals surface area (Å²) >= 11 is 2.81. The van der Waals surface area contributed by atoms with Gasteiger partial charge in [0.1, 0.15) is 40.6 Å². The number of thioether (sulfide) groups is 2. The molecule has 0 radical (unpaired) electrons. The molecule has 19 nitrogen and oxygen atoms in total. The van der Waals surface area contributed by atoms with Gasteiger partial charge in [-0.1, -0.05) is 135 Å². The second kappa shape index (κ2) is 29.1. The van der Waals surface area contributed by atoms with Gasteiger partial charge < -0.3 is 40.1 Å². The number of nitrogens with one attached hydrogen (secondary N) is 4. The Labute approximate surface area is 623 Å². The maximum absolute atomic E-state index is 15.3. The molecule has 7 aliphatic rings. The van der Waals surface area contributed by atoms with Gasteiger partial charge in [0.2, 0.25) is 38.8 Å². The molecule has 15 rings (SSSR count). The number of hydrogen-bond donors (Lipinski definition) is 4. The first-order valence-corrected chi connectivity index (χ1v) is 39.2. The number of carbonyl (C=O) groups is 6. The number of anilines is 3. The van der Waals surface area contributed by atoms with E-state index in [4.69, 9.17) is 13.9 Å². The Hall–Kier alpha value is -10.5. The molecule has 0 aromatic heterocycles. The Kier molecular flexibility index (Phi) is 19.5. The van der Waals surface area contributed by atoms with Crippen molar-refractivity contribution in [2.24, 2.45) is 5.92 Å². The number of esters is 1. The number of fused-ring (bicyclic) bond motifs is 6. The number of para-hydroxylation sites is 1. The van der Waals surface area contributed by atoms with Gasteiger partial charge in [0, 0.05) is 116 Å². The number of rotatable bonds is 18. The topological polar surface area (TPSA) is 229 Å². The highest BCUT2D eigenvalue weighted by atomic mass is 32.2. The highest BCUT2D eigenvalue weighted by molar-refractivity contribution is 8.01. The molecule has 106 heavy (non-hydrogen) atoms. The predicted octanol–water partition coefficient (Wildman–Crippen LogP) is 13.6. The Bertz CT molecular complexity index is 5300. The number of ether oxygens (including phenoxy) is 2. The Morgan fingerprint density at radius 3 is 2.12 bits per heavy atom. The number of piperidine rings is 1. The molecule has 2 fully saturated rings. The third-order valence-electron chi connectivity index (χ3n) is 20.8. The van der Waals surface area contributed by atoms with E-state index >= 15 is 8.42 Å². The zero-order valence-corrected chi connectivity index (χ0v) is 62.0. The number of nitrogens with zero attached hydrogens (tertiary/aromatic N) is 4. The van der Waals surface area contributed by atoms with Gasteiger partial charge in [0.05, 0.1) is 17.5 Å². The van der Waals surface area contributed by atoms with Gasteiger partial charge in [-0.15, -0.1) is 23.5 Å². The fraction of sp³-hybridized carbons (Fsp3) is 0.274. The van der Waals surface area contributed by atoms with Gasteiger partial charge in [0.15, 0.2) is 12.6 Å². The Balaban J connectivity index is 0.612. The second-order valence-corrected chi connectivity index (χ2v) is 33.0. The lowest BCUT2D eigenvalue weighted by atomic mass is 9.80. The van der Waals surface area contributed by atoms with Gasteiger partial charge in [0.25, 0.3) is 5.91 Å². The van der Waals surface area contributed by atoms with Crippen LogP contribution in [-0.4, -0.2) is 121 Å². The van der Waals surface area contributed by atoms with Crippen LogP contribution in [0.3, 0.4) is 0 Å². The molecule has 8 aromatic rings. The summed E-state index contributed by atoms with van der Waals surface area (Å²) in [4.78, 5) is 86.2. The van der Waals surface area contributed by atoms with Gasteiger partial charge in [-0.3, -0.25) is 24.1 Å². The standard InChI is InChI=1S/C84H80N8O11S3/c1-51-84(5,6)66-43-56-24-13-14-25-57(56)44-68(66)91(51)61-32-36-64-70(46-61)101-69-45-60(90-42-39-52-19-15-17-27-67(52)90)31-35-63(69)74(64)65-26-16-18-28-71(65)106(99,100)89-40-37-55(38-41-89)78(95)85-47-72(93)87-59-29-33-62(34-30-59)104-49-58-50-105-80-75(88-73(94)48-86-82(98)103-83(2,3)4)79(96)92(80)76(58)81(97)102-77(53-20-9-7-10-21-53)54-22-11-8-12-23-54/h7-36,43-46,51,55,75,77,80H,37-42,47-50H2,1-6H3,(H3-,85,86,87,88,93,94,95,98)/p+1. The van der Waals surface area contributed by atoms with E-state index in [2.05, 4.69) is 143 Å². The van der Waals surface area contributed by atoms with Gasteiger partial charge in [-0.05, 0) is 134 Å². The first-order chi connectivity index (χ1) is 51.1. The molecule has 3 unspecified atom stereocenters. The van der Waals surface area contributed by atoms with Crippen LogP contribution in [0.1, 0.15) is 82.7 Å². The van der Waals surface area contributed by atoms with E-state index in [9.17, 15) is 28.8 Å². The summed E-state index contributed by atoms with van der Waals surface area (Å²) in [6.45, 7) is 12.2. The lowest BCUT2D eigenvalue weighted by molar-refractivity contribution is -0.154. The van der Waals surface area contributed by atoms with Crippen LogP contribution >= 0.6 is 23.5 Å². The number of benzene rings is 9. The third kappa shape index (κ3) is 14.1. The number of amides is 5. The van der Waals surface area contributed by atoms with Crippen LogP contribution in [0.15, 0.2) is 232 Å². The summed E-state index contributed by atoms with van der Waals surface area (Å²) in [5, 5.41) is 14.2. The summed E-state index contributed by atoms with van der Waals surface area (Å²) < 4.78 is 53.0. The van der Waals surface area contributed by atoms with Crippen molar-refractivity contribution in [1.29, 1.82) is 0 Å². The number of alkyl carbamates (subject to hydrolysis) is 1. The van der Waals surface area contributed by atoms with Crippen LogP contribution in [0.2, 0.25) is 0 Å². The quantitative estimate of drug-likeness (QED) is 0.0206. The van der Waals surface area contributed by atoms with Crippen LogP contribution < -0.4 is 36.1 Å². The molecule has 4 N–H and O–H groups in total. The summed E-state index contributed by atoms with van der Waals surface area (Å²) in [6, 6.07) is 66.0. The number of sulfonamides is 1. The second-order valence-electron chi connectivity index (χ2n) is 29.0. The highest BCUT2D eigenvalue weighted by Crippen LogP contribution is 2.52. The van der Waals surface area contributed by atoms with Gasteiger partial charge in [-0.2, -0.15) is 8.88 Å². The molecular weight excluding hydrogens is 1390 g/mol. The van der Waals surface area contributed by atoms with Crippen LogP contribution in [0.5, 0.6) is 0 Å². The molecule has 2 saturated heterocycles. The molecule has 0 bridgehead atoms. The predicted molar refractivity (Wildman–Crippen MR) is 414 cm³/mol. The molecule has 6 heterocycles. The number of hydrogen-bond acceptors (Lipinski definition) is 14. The largest absolute Gasteiger partial charge is 0.456 e. The SMILES string of the molecule is CC1N(c2ccc3c(-c4ccccc4S(=O)(=O)N4CCC(C(=O)NCC(=O)Nc5ccc(SCC6=C(C(=O)OC(c7ccccc7)c7ccccc7)N7C(=O)C(NC(=O)CNC(=O)OC(C)(C)C)C7SC6)cc5)CC4)c4cc/c(=[N+]5/CCc6ccccc65)cc-4oc3c2)c2cc3ccccc3cc2C1(C)C. The average molecular weight is 1470 g/mol. The van der Waals surface area contributed by atoms with Crippen LogP contribution in [0, 0.1) is 5.92 Å². The minimum absolute atomic E-state index is 0.0818. The van der Waals surface area contributed by atoms with E-state index in [0.29, 0.717) is 33.9 Å². The van der Waals surface area contributed by atoms with Gasteiger partial charge in [-0.25, -0.2) is 18.0 Å². The van der Waals surface area contributed by atoms with E-state index in [1.165, 1.54) is 49.2 Å². The lowest BCUT2D eigenvalue weighted by Crippen LogP contribution is -2.71. The Morgan fingerprint density at radius 2 is 1.40 bits per heavy atom. The van der Waals surface area contributed by atoms with Crippen molar-refractivity contribution < 1.29 is 51.1 Å². The maximum atomic E-state index is 15.3. The van der Waals surface area contributed by atoms with Crippen molar-refractivity contribution in [2.75, 3.05) is 54.4 Å². The average Bonchev–Trinajstić information content (AvgIpc) is 1.24. The van der Waals surface area contributed by atoms with Gasteiger partial charge >= 0.3 is 12.1 Å². The van der Waals surface area contributed by atoms with Crippen molar-refractivity contribution >= 4 is 114 Å². The molecule has 3 atom stereocenters. The molecule has 0 saturated carbocycles. The molecule has 0 spiro atoms. The highest BCUT2D eigenvalue weighted by Gasteiger charge is 2.55. The zero-order valence-electron chi connectivity index (χ0n) is 59.6. The monoisotopic (exact) mass is 1470 g/mol. The minimum atomic E-state index is -4.16. The Morgan fingerprint density at radius 1 is 0.726 bits per heavy atom.